The highest BCUT2D eigenvalue weighted by Crippen LogP contribution is 2.18. The number of fused-ring (bicyclic) bond motifs is 1. The van der Waals surface area contributed by atoms with E-state index in [9.17, 15) is 9.59 Å². The normalized spacial score (nSPS) is 10.6. The molecule has 1 N–H and O–H groups in total. The van der Waals surface area contributed by atoms with Gasteiger partial charge in [0.25, 0.3) is 0 Å². The SMILES string of the molecule is C=CCN(CC=C)C(=O)Cn1c(CCCCCNC(C)=O)nc2ccccc21. The number of imidazole rings is 1. The van der Waals surface area contributed by atoms with E-state index in [1.54, 1.807) is 17.1 Å². The number of nitrogens with one attached hydrogen (secondary N) is 1. The average molecular weight is 383 g/mol. The van der Waals surface area contributed by atoms with Crippen molar-refractivity contribution in [2.24, 2.45) is 0 Å². The first kappa shape index (κ1) is 21.4. The van der Waals surface area contributed by atoms with Crippen LogP contribution in [0.15, 0.2) is 49.6 Å². The number of carbonyl (C=O) groups is 2. The Morgan fingerprint density at radius 2 is 1.86 bits per heavy atom. The Labute approximate surface area is 166 Å². The van der Waals surface area contributed by atoms with Crippen LogP contribution in [0.2, 0.25) is 0 Å². The number of unbranched alkanes of at least 4 members (excludes halogenated alkanes) is 2. The zero-order valence-electron chi connectivity index (χ0n) is 16.7. The van der Waals surface area contributed by atoms with Crippen LogP contribution < -0.4 is 5.32 Å². The van der Waals surface area contributed by atoms with Gasteiger partial charge >= 0.3 is 0 Å². The second kappa shape index (κ2) is 11.1. The molecule has 0 saturated heterocycles. The molecular weight excluding hydrogens is 352 g/mol. The van der Waals surface area contributed by atoms with Crippen LogP contribution in [0.1, 0.15) is 32.0 Å². The molecule has 1 aromatic heterocycles. The molecule has 0 atom stereocenters. The highest BCUT2D eigenvalue weighted by Gasteiger charge is 2.16. The van der Waals surface area contributed by atoms with E-state index in [-0.39, 0.29) is 18.4 Å². The third-order valence-corrected chi connectivity index (χ3v) is 4.53. The predicted molar refractivity (Wildman–Crippen MR) is 113 cm³/mol. The third kappa shape index (κ3) is 6.08. The molecule has 0 unspecified atom stereocenters. The first-order valence-corrected chi connectivity index (χ1v) is 9.75. The van der Waals surface area contributed by atoms with Crippen LogP contribution in [-0.2, 0) is 22.6 Å². The van der Waals surface area contributed by atoms with Gasteiger partial charge in [0.05, 0.1) is 11.0 Å². The molecule has 0 radical (unpaired) electrons. The first-order chi connectivity index (χ1) is 13.6. The van der Waals surface area contributed by atoms with Crippen LogP contribution in [0.3, 0.4) is 0 Å². The Bertz CT molecular complexity index is 815. The molecule has 6 nitrogen and oxygen atoms in total. The van der Waals surface area contributed by atoms with Crippen molar-refractivity contribution in [3.8, 4) is 0 Å². The van der Waals surface area contributed by atoms with Crippen molar-refractivity contribution in [1.29, 1.82) is 0 Å². The van der Waals surface area contributed by atoms with Crippen molar-refractivity contribution < 1.29 is 9.59 Å². The summed E-state index contributed by atoms with van der Waals surface area (Å²) in [6.07, 6.45) is 7.14. The van der Waals surface area contributed by atoms with E-state index < -0.39 is 0 Å². The zero-order valence-corrected chi connectivity index (χ0v) is 16.7. The van der Waals surface area contributed by atoms with Crippen LogP contribution in [0.25, 0.3) is 11.0 Å². The van der Waals surface area contributed by atoms with E-state index in [4.69, 9.17) is 4.98 Å². The monoisotopic (exact) mass is 382 g/mol. The quantitative estimate of drug-likeness (QED) is 0.453. The second-order valence-electron chi connectivity index (χ2n) is 6.77. The van der Waals surface area contributed by atoms with Gasteiger partial charge in [-0.25, -0.2) is 4.98 Å². The number of nitrogens with zero attached hydrogens (tertiary/aromatic N) is 3. The summed E-state index contributed by atoms with van der Waals surface area (Å²) in [5.41, 5.74) is 1.88. The Balaban J connectivity index is 2.09. The number of benzene rings is 1. The Morgan fingerprint density at radius 3 is 2.54 bits per heavy atom. The molecule has 0 saturated carbocycles. The number of hydrogen-bond donors (Lipinski definition) is 1. The smallest absolute Gasteiger partial charge is 0.243 e. The van der Waals surface area contributed by atoms with Gasteiger partial charge in [-0.3, -0.25) is 9.59 Å². The number of amides is 2. The highest BCUT2D eigenvalue weighted by molar-refractivity contribution is 5.81. The average Bonchev–Trinajstić information content (AvgIpc) is 3.01. The molecule has 0 aliphatic carbocycles. The maximum Gasteiger partial charge on any atom is 0.243 e. The standard InChI is InChI=1S/C22H30N4O2/c1-4-15-25(16-5-2)22(28)17-26-20-12-9-8-11-19(20)24-21(26)13-7-6-10-14-23-18(3)27/h4-5,8-9,11-12H,1-2,6-7,10,13-17H2,3H3,(H,23,27). The fraction of sp³-hybridized carbons (Fsp3) is 0.409. The summed E-state index contributed by atoms with van der Waals surface area (Å²) < 4.78 is 2.02. The van der Waals surface area contributed by atoms with Gasteiger partial charge in [0.15, 0.2) is 0 Å². The predicted octanol–water partition coefficient (Wildman–Crippen LogP) is 3.09. The maximum absolute atomic E-state index is 12.8. The minimum absolute atomic E-state index is 0.00362. The molecule has 2 amide bonds. The summed E-state index contributed by atoms with van der Waals surface area (Å²) in [5.74, 6) is 0.949. The molecule has 6 heteroatoms. The van der Waals surface area contributed by atoms with Crippen LogP contribution >= 0.6 is 0 Å². The number of para-hydroxylation sites is 2. The summed E-state index contributed by atoms with van der Waals surface area (Å²) in [5, 5.41) is 2.81. The summed E-state index contributed by atoms with van der Waals surface area (Å²) in [6.45, 7) is 10.9. The Kier molecular flexibility index (Phi) is 8.46. The molecule has 150 valence electrons. The maximum atomic E-state index is 12.8. The summed E-state index contributed by atoms with van der Waals surface area (Å²) >= 11 is 0. The lowest BCUT2D eigenvalue weighted by Gasteiger charge is -2.20. The van der Waals surface area contributed by atoms with E-state index in [1.807, 2.05) is 28.8 Å². The van der Waals surface area contributed by atoms with E-state index in [2.05, 4.69) is 18.5 Å². The van der Waals surface area contributed by atoms with E-state index in [0.717, 1.165) is 42.5 Å². The molecular formula is C22H30N4O2. The largest absolute Gasteiger partial charge is 0.356 e. The minimum Gasteiger partial charge on any atom is -0.356 e. The van der Waals surface area contributed by atoms with Gasteiger partial charge in [0.1, 0.15) is 12.4 Å². The number of aryl methyl sites for hydroxylation is 1. The van der Waals surface area contributed by atoms with Crippen molar-refractivity contribution in [2.75, 3.05) is 19.6 Å². The summed E-state index contributed by atoms with van der Waals surface area (Å²) in [6, 6.07) is 7.90. The number of rotatable bonds is 12. The van der Waals surface area contributed by atoms with Gasteiger partial charge in [0, 0.05) is 33.0 Å². The molecule has 2 rings (SSSR count). The molecule has 0 aliphatic rings. The van der Waals surface area contributed by atoms with Crippen LogP contribution in [-0.4, -0.2) is 45.9 Å². The molecule has 28 heavy (non-hydrogen) atoms. The second-order valence-corrected chi connectivity index (χ2v) is 6.77. The van der Waals surface area contributed by atoms with E-state index >= 15 is 0 Å². The van der Waals surface area contributed by atoms with E-state index in [1.165, 1.54) is 6.92 Å². The van der Waals surface area contributed by atoms with Gasteiger partial charge in [-0.15, -0.1) is 13.2 Å². The lowest BCUT2D eigenvalue weighted by Crippen LogP contribution is -2.34. The van der Waals surface area contributed by atoms with Crippen molar-refractivity contribution >= 4 is 22.8 Å². The lowest BCUT2D eigenvalue weighted by atomic mass is 10.2. The van der Waals surface area contributed by atoms with Gasteiger partial charge < -0.3 is 14.8 Å². The van der Waals surface area contributed by atoms with Crippen LogP contribution in [0.4, 0.5) is 0 Å². The molecule has 0 bridgehead atoms. The number of carbonyl (C=O) groups excluding carboxylic acids is 2. The van der Waals surface area contributed by atoms with Crippen LogP contribution in [0.5, 0.6) is 0 Å². The molecule has 0 spiro atoms. The lowest BCUT2D eigenvalue weighted by molar-refractivity contribution is -0.130. The Morgan fingerprint density at radius 1 is 1.14 bits per heavy atom. The van der Waals surface area contributed by atoms with Crippen molar-refractivity contribution in [3.63, 3.8) is 0 Å². The zero-order chi connectivity index (χ0) is 20.4. The summed E-state index contributed by atoms with van der Waals surface area (Å²) in [7, 11) is 0. The molecule has 1 aromatic carbocycles. The van der Waals surface area contributed by atoms with E-state index in [0.29, 0.717) is 19.6 Å². The van der Waals surface area contributed by atoms with Gasteiger partial charge in [-0.2, -0.15) is 0 Å². The first-order valence-electron chi connectivity index (χ1n) is 9.75. The molecule has 0 aliphatic heterocycles. The highest BCUT2D eigenvalue weighted by atomic mass is 16.2. The molecule has 1 heterocycles. The Hall–Kier alpha value is -2.89. The number of aromatic nitrogens is 2. The van der Waals surface area contributed by atoms with Gasteiger partial charge in [0.2, 0.25) is 11.8 Å². The minimum atomic E-state index is 0.00362. The fourth-order valence-corrected chi connectivity index (χ4v) is 3.17. The van der Waals surface area contributed by atoms with Gasteiger partial charge in [-0.1, -0.05) is 30.7 Å². The summed E-state index contributed by atoms with van der Waals surface area (Å²) in [4.78, 5) is 30.2. The third-order valence-electron chi connectivity index (χ3n) is 4.53. The van der Waals surface area contributed by atoms with Crippen molar-refractivity contribution in [3.05, 3.63) is 55.4 Å². The number of hydrogen-bond acceptors (Lipinski definition) is 3. The van der Waals surface area contributed by atoms with Crippen LogP contribution in [0, 0.1) is 0 Å². The van der Waals surface area contributed by atoms with Gasteiger partial charge in [-0.05, 0) is 25.0 Å². The molecule has 2 aromatic rings. The topological polar surface area (TPSA) is 67.2 Å². The van der Waals surface area contributed by atoms with Crippen molar-refractivity contribution in [2.45, 2.75) is 39.2 Å². The molecule has 0 fully saturated rings. The fourth-order valence-electron chi connectivity index (χ4n) is 3.17. The van der Waals surface area contributed by atoms with Crippen molar-refractivity contribution in [1.82, 2.24) is 19.8 Å².